The molecule has 2 aromatic heterocycles. The van der Waals surface area contributed by atoms with Crippen molar-refractivity contribution in [3.63, 3.8) is 0 Å². The second-order valence-electron chi connectivity index (χ2n) is 5.27. The van der Waals surface area contributed by atoms with Gasteiger partial charge in [-0.25, -0.2) is 0 Å². The van der Waals surface area contributed by atoms with Crippen molar-refractivity contribution >= 4 is 23.7 Å². The number of ether oxygens (including phenoxy) is 2. The maximum absolute atomic E-state index is 5.90. The first-order valence-electron chi connectivity index (χ1n) is 7.99. The molecular weight excluding hydrogens is 358 g/mol. The Morgan fingerprint density at radius 3 is 2.68 bits per heavy atom. The molecule has 3 rings (SSSR count). The van der Waals surface area contributed by atoms with Crippen LogP contribution in [-0.4, -0.2) is 6.61 Å². The van der Waals surface area contributed by atoms with E-state index >= 15 is 0 Å². The van der Waals surface area contributed by atoms with Crippen molar-refractivity contribution in [3.8, 4) is 11.5 Å². The zero-order valence-corrected chi connectivity index (χ0v) is 15.7. The highest BCUT2D eigenvalue weighted by molar-refractivity contribution is 7.09. The van der Waals surface area contributed by atoms with E-state index in [1.54, 1.807) is 17.6 Å². The third-order valence-corrected chi connectivity index (χ3v) is 4.32. The van der Waals surface area contributed by atoms with Gasteiger partial charge >= 0.3 is 0 Å². The van der Waals surface area contributed by atoms with E-state index in [9.17, 15) is 0 Å². The fourth-order valence-corrected chi connectivity index (χ4v) is 2.95. The Labute approximate surface area is 158 Å². The van der Waals surface area contributed by atoms with Crippen molar-refractivity contribution in [1.29, 1.82) is 0 Å². The first kappa shape index (κ1) is 19.4. The second kappa shape index (κ2) is 10.1. The van der Waals surface area contributed by atoms with Crippen LogP contribution in [0.1, 0.15) is 23.1 Å². The minimum Gasteiger partial charge on any atom is -0.490 e. The molecule has 0 aliphatic carbocycles. The number of thiophene rings is 1. The highest BCUT2D eigenvalue weighted by atomic mass is 35.5. The monoisotopic (exact) mass is 379 g/mol. The molecule has 2 heterocycles. The predicted molar refractivity (Wildman–Crippen MR) is 103 cm³/mol. The maximum atomic E-state index is 5.90. The Morgan fingerprint density at radius 2 is 1.96 bits per heavy atom. The lowest BCUT2D eigenvalue weighted by Crippen LogP contribution is -2.12. The maximum Gasteiger partial charge on any atom is 0.161 e. The fourth-order valence-electron chi connectivity index (χ4n) is 2.34. The van der Waals surface area contributed by atoms with Crippen LogP contribution in [0.15, 0.2) is 58.5 Å². The second-order valence-corrected chi connectivity index (χ2v) is 6.30. The Hall–Kier alpha value is -1.95. The number of nitrogens with one attached hydrogen (secondary N) is 1. The molecule has 134 valence electrons. The van der Waals surface area contributed by atoms with Gasteiger partial charge < -0.3 is 19.2 Å². The molecule has 0 bridgehead atoms. The topological polar surface area (TPSA) is 43.6 Å². The lowest BCUT2D eigenvalue weighted by molar-refractivity contribution is 0.271. The molecule has 0 radical (unpaired) electrons. The number of benzene rings is 1. The van der Waals surface area contributed by atoms with Crippen LogP contribution in [-0.2, 0) is 19.7 Å². The number of hydrogen-bond acceptors (Lipinski definition) is 5. The third kappa shape index (κ3) is 5.81. The summed E-state index contributed by atoms with van der Waals surface area (Å²) in [5, 5.41) is 5.41. The summed E-state index contributed by atoms with van der Waals surface area (Å²) < 4.78 is 16.9. The Morgan fingerprint density at radius 1 is 1.04 bits per heavy atom. The van der Waals surface area contributed by atoms with Gasteiger partial charge in [-0.3, -0.25) is 0 Å². The van der Waals surface area contributed by atoms with Crippen LogP contribution >= 0.6 is 23.7 Å². The van der Waals surface area contributed by atoms with Crippen molar-refractivity contribution < 1.29 is 13.9 Å². The minimum absolute atomic E-state index is 0. The molecule has 6 heteroatoms. The molecule has 0 aliphatic rings. The van der Waals surface area contributed by atoms with Crippen molar-refractivity contribution in [2.75, 3.05) is 6.61 Å². The number of halogens is 1. The summed E-state index contributed by atoms with van der Waals surface area (Å²) in [6.07, 6.45) is 1.68. The number of hydrogen-bond donors (Lipinski definition) is 1. The summed E-state index contributed by atoms with van der Waals surface area (Å²) >= 11 is 1.69. The van der Waals surface area contributed by atoms with Crippen molar-refractivity contribution in [2.45, 2.75) is 26.6 Å². The normalized spacial score (nSPS) is 10.3. The van der Waals surface area contributed by atoms with E-state index in [1.165, 1.54) is 4.88 Å². The summed E-state index contributed by atoms with van der Waals surface area (Å²) in [5.41, 5.74) is 1.15. The molecule has 0 saturated heterocycles. The van der Waals surface area contributed by atoms with Gasteiger partial charge in [-0.15, -0.1) is 23.7 Å². The van der Waals surface area contributed by atoms with E-state index < -0.39 is 0 Å². The molecule has 1 N–H and O–H groups in total. The van der Waals surface area contributed by atoms with E-state index in [1.807, 2.05) is 37.3 Å². The van der Waals surface area contributed by atoms with Gasteiger partial charge in [0.2, 0.25) is 0 Å². The summed E-state index contributed by atoms with van der Waals surface area (Å²) in [6.45, 7) is 4.59. The fraction of sp³-hybridized carbons (Fsp3) is 0.263. The van der Waals surface area contributed by atoms with Crippen LogP contribution in [0.5, 0.6) is 11.5 Å². The molecule has 0 amide bonds. The van der Waals surface area contributed by atoms with Gasteiger partial charge in [-0.05, 0) is 48.2 Å². The van der Waals surface area contributed by atoms with Crippen LogP contribution in [0.25, 0.3) is 0 Å². The first-order valence-corrected chi connectivity index (χ1v) is 8.87. The van der Waals surface area contributed by atoms with Crippen LogP contribution in [0.2, 0.25) is 0 Å². The van der Waals surface area contributed by atoms with Gasteiger partial charge in [0.05, 0.1) is 19.4 Å². The largest absolute Gasteiger partial charge is 0.490 e. The van der Waals surface area contributed by atoms with Gasteiger partial charge in [-0.1, -0.05) is 12.1 Å². The number of rotatable bonds is 9. The minimum atomic E-state index is 0. The Balaban J connectivity index is 0.00000225. The van der Waals surface area contributed by atoms with E-state index in [4.69, 9.17) is 13.9 Å². The molecule has 25 heavy (non-hydrogen) atoms. The van der Waals surface area contributed by atoms with Crippen LogP contribution < -0.4 is 14.8 Å². The zero-order chi connectivity index (χ0) is 16.6. The molecule has 0 saturated carbocycles. The van der Waals surface area contributed by atoms with Crippen molar-refractivity contribution in [3.05, 3.63) is 70.3 Å². The first-order chi connectivity index (χ1) is 11.8. The molecule has 3 aromatic rings. The number of furan rings is 1. The van der Waals surface area contributed by atoms with E-state index in [-0.39, 0.29) is 12.4 Å². The standard InChI is InChI=1S/C19H21NO3S.ClH/c1-2-21-19-11-15(12-20-13-16-5-3-9-22-16)7-8-18(19)23-14-17-6-4-10-24-17;/h3-11,20H,2,12-14H2,1H3;1H. The molecule has 0 spiro atoms. The highest BCUT2D eigenvalue weighted by Crippen LogP contribution is 2.29. The predicted octanol–water partition coefficient (Wildman–Crippen LogP) is 5.03. The molecule has 0 fully saturated rings. The molecule has 1 aromatic carbocycles. The molecule has 0 unspecified atom stereocenters. The van der Waals surface area contributed by atoms with E-state index in [2.05, 4.69) is 22.8 Å². The van der Waals surface area contributed by atoms with Crippen molar-refractivity contribution in [1.82, 2.24) is 5.32 Å². The summed E-state index contributed by atoms with van der Waals surface area (Å²) in [6, 6.07) is 14.0. The Bertz CT molecular complexity index is 729. The van der Waals surface area contributed by atoms with Crippen LogP contribution in [0, 0.1) is 0 Å². The van der Waals surface area contributed by atoms with Gasteiger partial charge in [0.15, 0.2) is 11.5 Å². The van der Waals surface area contributed by atoms with Crippen LogP contribution in [0.3, 0.4) is 0 Å². The third-order valence-electron chi connectivity index (χ3n) is 3.47. The smallest absolute Gasteiger partial charge is 0.161 e. The lowest BCUT2D eigenvalue weighted by atomic mass is 10.2. The molecular formula is C19H22ClNO3S. The molecule has 0 aliphatic heterocycles. The average molecular weight is 380 g/mol. The summed E-state index contributed by atoms with van der Waals surface area (Å²) in [7, 11) is 0. The zero-order valence-electron chi connectivity index (χ0n) is 14.1. The van der Waals surface area contributed by atoms with Gasteiger partial charge in [0.1, 0.15) is 12.4 Å². The van der Waals surface area contributed by atoms with Gasteiger partial charge in [0.25, 0.3) is 0 Å². The van der Waals surface area contributed by atoms with Gasteiger partial charge in [0, 0.05) is 11.4 Å². The SMILES string of the molecule is CCOc1cc(CNCc2ccco2)ccc1OCc1cccs1.Cl. The molecule has 0 atom stereocenters. The Kier molecular flexibility index (Phi) is 7.85. The summed E-state index contributed by atoms with van der Waals surface area (Å²) in [4.78, 5) is 1.20. The van der Waals surface area contributed by atoms with Crippen LogP contribution in [0.4, 0.5) is 0 Å². The summed E-state index contributed by atoms with van der Waals surface area (Å²) in [5.74, 6) is 2.49. The van der Waals surface area contributed by atoms with E-state index in [0.717, 1.165) is 29.4 Å². The quantitative estimate of drug-likeness (QED) is 0.566. The molecule has 4 nitrogen and oxygen atoms in total. The lowest BCUT2D eigenvalue weighted by Gasteiger charge is -2.13. The highest BCUT2D eigenvalue weighted by Gasteiger charge is 2.07. The van der Waals surface area contributed by atoms with Crippen molar-refractivity contribution in [2.24, 2.45) is 0 Å². The van der Waals surface area contributed by atoms with E-state index in [0.29, 0.717) is 19.8 Å². The van der Waals surface area contributed by atoms with Gasteiger partial charge in [-0.2, -0.15) is 0 Å². The average Bonchev–Trinajstić information content (AvgIpc) is 3.28.